The van der Waals surface area contributed by atoms with Gasteiger partial charge >= 0.3 is 0 Å². The summed E-state index contributed by atoms with van der Waals surface area (Å²) >= 11 is 0. The molecule has 1 aliphatic heterocycles. The summed E-state index contributed by atoms with van der Waals surface area (Å²) in [5, 5.41) is 6.61. The fraction of sp³-hybridized carbons (Fsp3) is 0.118. The Balaban J connectivity index is 1.88. The SMILES string of the molecule is COc1ccc(C2=NN(c3ccccc3)C=CC2)cc1. The summed E-state index contributed by atoms with van der Waals surface area (Å²) in [5.41, 5.74) is 3.24. The highest BCUT2D eigenvalue weighted by Gasteiger charge is 2.10. The largest absolute Gasteiger partial charge is 0.497 e. The summed E-state index contributed by atoms with van der Waals surface area (Å²) in [6, 6.07) is 18.1. The van der Waals surface area contributed by atoms with E-state index in [0.29, 0.717) is 0 Å². The van der Waals surface area contributed by atoms with E-state index in [1.807, 2.05) is 65.8 Å². The summed E-state index contributed by atoms with van der Waals surface area (Å²) < 4.78 is 5.18. The Hall–Kier alpha value is -2.55. The average molecular weight is 264 g/mol. The molecule has 1 aliphatic rings. The first kappa shape index (κ1) is 12.5. The smallest absolute Gasteiger partial charge is 0.118 e. The van der Waals surface area contributed by atoms with E-state index >= 15 is 0 Å². The van der Waals surface area contributed by atoms with Crippen LogP contribution in [0.15, 0.2) is 72.0 Å². The van der Waals surface area contributed by atoms with Crippen molar-refractivity contribution in [2.45, 2.75) is 6.42 Å². The Morgan fingerprint density at radius 3 is 2.45 bits per heavy atom. The van der Waals surface area contributed by atoms with Crippen molar-refractivity contribution in [2.75, 3.05) is 12.1 Å². The van der Waals surface area contributed by atoms with Gasteiger partial charge in [0.2, 0.25) is 0 Å². The Morgan fingerprint density at radius 1 is 1.00 bits per heavy atom. The molecule has 2 aromatic rings. The monoisotopic (exact) mass is 264 g/mol. The number of rotatable bonds is 3. The van der Waals surface area contributed by atoms with Crippen LogP contribution in [0.5, 0.6) is 5.75 Å². The maximum Gasteiger partial charge on any atom is 0.118 e. The number of anilines is 1. The zero-order valence-corrected chi connectivity index (χ0v) is 11.4. The highest BCUT2D eigenvalue weighted by Crippen LogP contribution is 2.20. The van der Waals surface area contributed by atoms with Crippen LogP contribution in [0.4, 0.5) is 5.69 Å². The molecule has 0 unspecified atom stereocenters. The molecule has 0 aliphatic carbocycles. The second kappa shape index (κ2) is 5.61. The van der Waals surface area contributed by atoms with Crippen molar-refractivity contribution in [3.8, 4) is 5.75 Å². The highest BCUT2D eigenvalue weighted by molar-refractivity contribution is 6.02. The number of nitrogens with zero attached hydrogens (tertiary/aromatic N) is 2. The third-order valence-corrected chi connectivity index (χ3v) is 3.23. The molecule has 1 heterocycles. The standard InChI is InChI=1S/C17H16N2O/c1-20-16-11-9-14(10-12-16)17-8-5-13-19(18-17)15-6-3-2-4-7-15/h2-7,9-13H,8H2,1H3. The fourth-order valence-electron chi connectivity index (χ4n) is 2.15. The van der Waals surface area contributed by atoms with Gasteiger partial charge in [0.25, 0.3) is 0 Å². The van der Waals surface area contributed by atoms with Crippen molar-refractivity contribution in [3.05, 3.63) is 72.4 Å². The highest BCUT2D eigenvalue weighted by atomic mass is 16.5. The van der Waals surface area contributed by atoms with Crippen molar-refractivity contribution in [2.24, 2.45) is 5.10 Å². The van der Waals surface area contributed by atoms with Gasteiger partial charge in [0.05, 0.1) is 18.5 Å². The second-order valence-electron chi connectivity index (χ2n) is 4.54. The molecule has 0 amide bonds. The van der Waals surface area contributed by atoms with Crippen molar-refractivity contribution in [1.29, 1.82) is 0 Å². The van der Waals surface area contributed by atoms with Crippen LogP contribution in [0.25, 0.3) is 0 Å². The lowest BCUT2D eigenvalue weighted by Crippen LogP contribution is -2.16. The average Bonchev–Trinajstić information content (AvgIpc) is 2.56. The van der Waals surface area contributed by atoms with Crippen molar-refractivity contribution in [1.82, 2.24) is 0 Å². The zero-order valence-electron chi connectivity index (χ0n) is 11.4. The number of hydrazone groups is 1. The Kier molecular flexibility index (Phi) is 3.50. The first-order valence-corrected chi connectivity index (χ1v) is 6.59. The van der Waals surface area contributed by atoms with Gasteiger partial charge in [-0.3, -0.25) is 0 Å². The van der Waals surface area contributed by atoms with E-state index in [0.717, 1.165) is 29.1 Å². The molecule has 20 heavy (non-hydrogen) atoms. The fourth-order valence-corrected chi connectivity index (χ4v) is 2.15. The van der Waals surface area contributed by atoms with Gasteiger partial charge in [-0.25, -0.2) is 5.01 Å². The van der Waals surface area contributed by atoms with E-state index < -0.39 is 0 Å². The molecule has 0 fully saturated rings. The maximum absolute atomic E-state index is 5.18. The quantitative estimate of drug-likeness (QED) is 0.841. The number of methoxy groups -OCH3 is 1. The normalized spacial score (nSPS) is 14.1. The predicted octanol–water partition coefficient (Wildman–Crippen LogP) is 3.82. The van der Waals surface area contributed by atoms with Crippen molar-refractivity contribution >= 4 is 11.4 Å². The molecule has 0 saturated carbocycles. The summed E-state index contributed by atoms with van der Waals surface area (Å²) in [6.45, 7) is 0. The van der Waals surface area contributed by atoms with Crippen LogP contribution >= 0.6 is 0 Å². The van der Waals surface area contributed by atoms with Gasteiger partial charge in [-0.1, -0.05) is 24.3 Å². The van der Waals surface area contributed by atoms with Crippen LogP contribution in [0, 0.1) is 0 Å². The second-order valence-corrected chi connectivity index (χ2v) is 4.54. The van der Waals surface area contributed by atoms with Gasteiger partial charge < -0.3 is 4.74 Å². The lowest BCUT2D eigenvalue weighted by atomic mass is 10.1. The summed E-state index contributed by atoms with van der Waals surface area (Å²) in [7, 11) is 1.67. The Morgan fingerprint density at radius 2 is 1.75 bits per heavy atom. The minimum atomic E-state index is 0.843. The molecule has 0 atom stereocenters. The summed E-state index contributed by atoms with van der Waals surface area (Å²) in [4.78, 5) is 0. The van der Waals surface area contributed by atoms with Gasteiger partial charge in [0, 0.05) is 12.6 Å². The lowest BCUT2D eigenvalue weighted by Gasteiger charge is -2.20. The number of allylic oxidation sites excluding steroid dienone is 1. The van der Waals surface area contributed by atoms with Gasteiger partial charge in [0.15, 0.2) is 0 Å². The Bertz CT molecular complexity index is 630. The topological polar surface area (TPSA) is 24.8 Å². The lowest BCUT2D eigenvalue weighted by molar-refractivity contribution is 0.415. The van der Waals surface area contributed by atoms with Crippen LogP contribution in [-0.4, -0.2) is 12.8 Å². The van der Waals surface area contributed by atoms with Gasteiger partial charge in [-0.15, -0.1) is 0 Å². The van der Waals surface area contributed by atoms with Gasteiger partial charge in [-0.05, 0) is 42.0 Å². The molecule has 0 N–H and O–H groups in total. The van der Waals surface area contributed by atoms with Crippen molar-refractivity contribution < 1.29 is 4.74 Å². The van der Waals surface area contributed by atoms with E-state index in [9.17, 15) is 0 Å². The number of para-hydroxylation sites is 1. The Labute approximate surface area is 118 Å². The van der Waals surface area contributed by atoms with Gasteiger partial charge in [-0.2, -0.15) is 5.10 Å². The zero-order chi connectivity index (χ0) is 13.8. The third-order valence-electron chi connectivity index (χ3n) is 3.23. The molecule has 0 saturated heterocycles. The van der Waals surface area contributed by atoms with Crippen LogP contribution in [0.3, 0.4) is 0 Å². The molecule has 3 heteroatoms. The van der Waals surface area contributed by atoms with E-state index in [2.05, 4.69) is 6.08 Å². The molecule has 0 radical (unpaired) electrons. The predicted molar refractivity (Wildman–Crippen MR) is 82.2 cm³/mol. The number of benzene rings is 2. The van der Waals surface area contributed by atoms with Crippen LogP contribution in [0.1, 0.15) is 12.0 Å². The molecular formula is C17H16N2O. The summed E-state index contributed by atoms with van der Waals surface area (Å²) in [5.74, 6) is 0.862. The molecule has 3 rings (SSSR count). The first-order valence-electron chi connectivity index (χ1n) is 6.59. The van der Waals surface area contributed by atoms with E-state index in [1.54, 1.807) is 7.11 Å². The number of hydrogen-bond acceptors (Lipinski definition) is 3. The molecule has 3 nitrogen and oxygen atoms in total. The molecule has 100 valence electrons. The van der Waals surface area contributed by atoms with Crippen LogP contribution < -0.4 is 9.75 Å². The van der Waals surface area contributed by atoms with Crippen molar-refractivity contribution in [3.63, 3.8) is 0 Å². The molecule has 0 aromatic heterocycles. The number of hydrogen-bond donors (Lipinski definition) is 0. The minimum Gasteiger partial charge on any atom is -0.497 e. The maximum atomic E-state index is 5.18. The first-order chi connectivity index (χ1) is 9.86. The molecule has 0 spiro atoms. The van der Waals surface area contributed by atoms with Gasteiger partial charge in [0.1, 0.15) is 5.75 Å². The minimum absolute atomic E-state index is 0.843. The van der Waals surface area contributed by atoms with Crippen LogP contribution in [-0.2, 0) is 0 Å². The summed E-state index contributed by atoms with van der Waals surface area (Å²) in [6.07, 6.45) is 4.97. The van der Waals surface area contributed by atoms with E-state index in [4.69, 9.17) is 9.84 Å². The van der Waals surface area contributed by atoms with E-state index in [1.165, 1.54) is 0 Å². The van der Waals surface area contributed by atoms with Crippen LogP contribution in [0.2, 0.25) is 0 Å². The third kappa shape index (κ3) is 2.57. The number of ether oxygens (including phenoxy) is 1. The molecular weight excluding hydrogens is 248 g/mol. The molecule has 2 aromatic carbocycles. The van der Waals surface area contributed by atoms with E-state index in [-0.39, 0.29) is 0 Å². The molecule has 0 bridgehead atoms.